The van der Waals surface area contributed by atoms with Gasteiger partial charge in [0, 0.05) is 5.38 Å². The molecule has 0 saturated carbocycles. The summed E-state index contributed by atoms with van der Waals surface area (Å²) in [5.41, 5.74) is 1.47. The quantitative estimate of drug-likeness (QED) is 0.503. The maximum Gasteiger partial charge on any atom is 0.238 e. The van der Waals surface area contributed by atoms with Crippen molar-refractivity contribution in [1.29, 1.82) is 0 Å². The molecule has 1 aromatic carbocycles. The SMILES string of the molecule is CC(=NO)c1csc(NS(=O)(=O)Cc2ccccc2)n1. The van der Waals surface area contributed by atoms with Gasteiger partial charge < -0.3 is 5.21 Å². The van der Waals surface area contributed by atoms with Crippen molar-refractivity contribution in [3.8, 4) is 0 Å². The van der Waals surface area contributed by atoms with E-state index in [4.69, 9.17) is 5.21 Å². The third-order valence-electron chi connectivity index (χ3n) is 2.47. The van der Waals surface area contributed by atoms with Gasteiger partial charge in [-0.3, -0.25) is 4.72 Å². The molecule has 0 fully saturated rings. The minimum Gasteiger partial charge on any atom is -0.411 e. The molecular formula is C12H13N3O3S2. The topological polar surface area (TPSA) is 91.7 Å². The number of nitrogens with zero attached hydrogens (tertiary/aromatic N) is 2. The van der Waals surface area contributed by atoms with E-state index in [1.807, 2.05) is 6.07 Å². The largest absolute Gasteiger partial charge is 0.411 e. The maximum atomic E-state index is 12.0. The number of oxime groups is 1. The van der Waals surface area contributed by atoms with Gasteiger partial charge in [0.25, 0.3) is 0 Å². The first-order chi connectivity index (χ1) is 9.50. The van der Waals surface area contributed by atoms with Crippen LogP contribution in [-0.2, 0) is 15.8 Å². The van der Waals surface area contributed by atoms with Gasteiger partial charge in [-0.1, -0.05) is 35.5 Å². The molecule has 0 saturated heterocycles. The summed E-state index contributed by atoms with van der Waals surface area (Å²) in [6.45, 7) is 1.58. The molecule has 20 heavy (non-hydrogen) atoms. The molecule has 0 aliphatic carbocycles. The van der Waals surface area contributed by atoms with Crippen molar-refractivity contribution in [2.75, 3.05) is 4.72 Å². The number of hydrogen-bond acceptors (Lipinski definition) is 6. The van der Waals surface area contributed by atoms with Gasteiger partial charge in [-0.05, 0) is 12.5 Å². The Labute approximate surface area is 120 Å². The predicted octanol–water partition coefficient (Wildman–Crippen LogP) is 2.28. The summed E-state index contributed by atoms with van der Waals surface area (Å²) < 4.78 is 26.4. The Kier molecular flexibility index (Phi) is 4.35. The van der Waals surface area contributed by atoms with Crippen LogP contribution in [0, 0.1) is 0 Å². The zero-order valence-corrected chi connectivity index (χ0v) is 12.3. The van der Waals surface area contributed by atoms with Crippen LogP contribution >= 0.6 is 11.3 Å². The van der Waals surface area contributed by atoms with Crippen molar-refractivity contribution in [2.45, 2.75) is 12.7 Å². The molecule has 2 N–H and O–H groups in total. The lowest BCUT2D eigenvalue weighted by atomic mass is 10.2. The highest BCUT2D eigenvalue weighted by molar-refractivity contribution is 7.92. The lowest BCUT2D eigenvalue weighted by molar-refractivity contribution is 0.319. The van der Waals surface area contributed by atoms with Crippen LogP contribution in [0.15, 0.2) is 40.9 Å². The number of sulfonamides is 1. The fourth-order valence-corrected chi connectivity index (χ4v) is 3.69. The molecule has 1 aromatic heterocycles. The first-order valence-corrected chi connectivity index (χ1v) is 8.22. The van der Waals surface area contributed by atoms with E-state index in [9.17, 15) is 8.42 Å². The average Bonchev–Trinajstić information content (AvgIpc) is 2.86. The summed E-state index contributed by atoms with van der Waals surface area (Å²) in [5, 5.41) is 13.5. The van der Waals surface area contributed by atoms with Crippen LogP contribution in [0.2, 0.25) is 0 Å². The fourth-order valence-electron chi connectivity index (χ4n) is 1.50. The fraction of sp³-hybridized carbons (Fsp3) is 0.167. The Morgan fingerprint density at radius 2 is 2.10 bits per heavy atom. The molecule has 0 radical (unpaired) electrons. The highest BCUT2D eigenvalue weighted by Crippen LogP contribution is 2.18. The molecule has 1 heterocycles. The van der Waals surface area contributed by atoms with Gasteiger partial charge in [0.1, 0.15) is 11.4 Å². The minimum atomic E-state index is -3.51. The van der Waals surface area contributed by atoms with Gasteiger partial charge in [0.2, 0.25) is 10.0 Å². The van der Waals surface area contributed by atoms with E-state index >= 15 is 0 Å². The van der Waals surface area contributed by atoms with E-state index in [0.29, 0.717) is 17.0 Å². The number of benzene rings is 1. The van der Waals surface area contributed by atoms with Crippen LogP contribution in [0.5, 0.6) is 0 Å². The monoisotopic (exact) mass is 311 g/mol. The van der Waals surface area contributed by atoms with Crippen molar-refractivity contribution in [3.05, 3.63) is 47.0 Å². The smallest absolute Gasteiger partial charge is 0.238 e. The Hall–Kier alpha value is -1.93. The summed E-state index contributed by atoms with van der Waals surface area (Å²) in [5.74, 6) is -0.115. The van der Waals surface area contributed by atoms with Crippen LogP contribution in [0.25, 0.3) is 0 Å². The summed E-state index contributed by atoms with van der Waals surface area (Å²) in [6.07, 6.45) is 0. The van der Waals surface area contributed by atoms with Crippen LogP contribution in [0.1, 0.15) is 18.2 Å². The zero-order valence-electron chi connectivity index (χ0n) is 10.6. The molecule has 0 aliphatic rings. The lowest BCUT2D eigenvalue weighted by Gasteiger charge is -2.04. The standard InChI is InChI=1S/C12H13N3O3S2/c1-9(14-16)11-7-19-12(13-11)15-20(17,18)8-10-5-3-2-4-6-10/h2-7,16H,8H2,1H3,(H,13,15). The molecule has 2 rings (SSSR count). The molecule has 0 amide bonds. The van der Waals surface area contributed by atoms with Crippen molar-refractivity contribution in [1.82, 2.24) is 4.98 Å². The van der Waals surface area contributed by atoms with Gasteiger partial charge in [0.15, 0.2) is 5.13 Å². The third kappa shape index (κ3) is 3.78. The number of anilines is 1. The summed E-state index contributed by atoms with van der Waals surface area (Å²) in [7, 11) is -3.51. The molecule has 6 nitrogen and oxygen atoms in total. The second-order valence-electron chi connectivity index (χ2n) is 4.07. The molecule has 0 spiro atoms. The molecule has 0 atom stereocenters. The Bertz CT molecular complexity index is 709. The summed E-state index contributed by atoms with van der Waals surface area (Å²) in [6, 6.07) is 8.89. The Balaban J connectivity index is 2.11. The number of aromatic nitrogens is 1. The normalized spacial score (nSPS) is 12.3. The van der Waals surface area contributed by atoms with Gasteiger partial charge in [-0.25, -0.2) is 13.4 Å². The van der Waals surface area contributed by atoms with E-state index in [1.165, 1.54) is 0 Å². The molecule has 106 valence electrons. The lowest BCUT2D eigenvalue weighted by Crippen LogP contribution is -2.15. The maximum absolute atomic E-state index is 12.0. The van der Waals surface area contributed by atoms with Gasteiger partial charge in [-0.2, -0.15) is 0 Å². The zero-order chi connectivity index (χ0) is 14.6. The molecule has 0 unspecified atom stereocenters. The molecular weight excluding hydrogens is 298 g/mol. The van der Waals surface area contributed by atoms with E-state index in [1.54, 1.807) is 36.6 Å². The first-order valence-electron chi connectivity index (χ1n) is 5.69. The van der Waals surface area contributed by atoms with Gasteiger partial charge >= 0.3 is 0 Å². The van der Waals surface area contributed by atoms with Crippen LogP contribution < -0.4 is 4.72 Å². The van der Waals surface area contributed by atoms with E-state index in [2.05, 4.69) is 14.9 Å². The number of nitrogens with one attached hydrogen (secondary N) is 1. The van der Waals surface area contributed by atoms with Gasteiger partial charge in [-0.15, -0.1) is 11.3 Å². The highest BCUT2D eigenvalue weighted by atomic mass is 32.2. The number of hydrogen-bond donors (Lipinski definition) is 2. The highest BCUT2D eigenvalue weighted by Gasteiger charge is 2.14. The third-order valence-corrected chi connectivity index (χ3v) is 4.57. The van der Waals surface area contributed by atoms with Crippen molar-refractivity contribution >= 4 is 32.2 Å². The van der Waals surface area contributed by atoms with Gasteiger partial charge in [0.05, 0.1) is 5.75 Å². The van der Waals surface area contributed by atoms with Crippen molar-refractivity contribution < 1.29 is 13.6 Å². The van der Waals surface area contributed by atoms with Crippen LogP contribution in [0.4, 0.5) is 5.13 Å². The molecule has 0 aliphatic heterocycles. The number of rotatable bonds is 5. The van der Waals surface area contributed by atoms with E-state index in [-0.39, 0.29) is 10.9 Å². The van der Waals surface area contributed by atoms with E-state index < -0.39 is 10.0 Å². The molecule has 0 bridgehead atoms. The van der Waals surface area contributed by atoms with E-state index in [0.717, 1.165) is 11.3 Å². The summed E-state index contributed by atoms with van der Waals surface area (Å²) in [4.78, 5) is 4.05. The van der Waals surface area contributed by atoms with Crippen LogP contribution in [-0.4, -0.2) is 24.3 Å². The average molecular weight is 311 g/mol. The van der Waals surface area contributed by atoms with Crippen molar-refractivity contribution in [3.63, 3.8) is 0 Å². The molecule has 8 heteroatoms. The summed E-state index contributed by atoms with van der Waals surface area (Å²) >= 11 is 1.14. The molecule has 2 aromatic rings. The number of thiazole rings is 1. The first kappa shape index (κ1) is 14.5. The Morgan fingerprint density at radius 1 is 1.40 bits per heavy atom. The minimum absolute atomic E-state index is 0.115. The van der Waals surface area contributed by atoms with Crippen LogP contribution in [0.3, 0.4) is 0 Å². The second kappa shape index (κ2) is 6.02. The van der Waals surface area contributed by atoms with Crippen molar-refractivity contribution in [2.24, 2.45) is 5.16 Å². The predicted molar refractivity (Wildman–Crippen MR) is 78.8 cm³/mol. The Morgan fingerprint density at radius 3 is 2.75 bits per heavy atom. The second-order valence-corrected chi connectivity index (χ2v) is 6.65.